The first-order valence-electron chi connectivity index (χ1n) is 5.15. The molecule has 80 valence electrons. The van der Waals surface area contributed by atoms with Gasteiger partial charge in [-0.25, -0.2) is 4.68 Å². The van der Waals surface area contributed by atoms with E-state index >= 15 is 0 Å². The number of alkyl halides is 1. The first kappa shape index (κ1) is 11.4. The van der Waals surface area contributed by atoms with Gasteiger partial charge in [-0.15, -0.1) is 16.7 Å². The van der Waals surface area contributed by atoms with Gasteiger partial charge in [-0.3, -0.25) is 0 Å². The minimum atomic E-state index is -0.115. The van der Waals surface area contributed by atoms with E-state index in [1.165, 1.54) is 19.3 Å². The Bertz CT molecular complexity index is 259. The van der Waals surface area contributed by atoms with E-state index < -0.39 is 0 Å². The van der Waals surface area contributed by atoms with Crippen molar-refractivity contribution in [3.05, 3.63) is 5.82 Å². The molecule has 0 aromatic carbocycles. The van der Waals surface area contributed by atoms with Crippen LogP contribution in [0.15, 0.2) is 0 Å². The van der Waals surface area contributed by atoms with Crippen LogP contribution in [-0.2, 0) is 6.54 Å². The van der Waals surface area contributed by atoms with Gasteiger partial charge < -0.3 is 0 Å². The highest BCUT2D eigenvalue weighted by atomic mass is 35.5. The van der Waals surface area contributed by atoms with Crippen LogP contribution in [0.3, 0.4) is 0 Å². The molecule has 0 fully saturated rings. The molecule has 0 aliphatic carbocycles. The van der Waals surface area contributed by atoms with E-state index in [9.17, 15) is 0 Å². The number of nitrogens with zero attached hydrogens (tertiary/aromatic N) is 4. The minimum Gasteiger partial charge on any atom is -0.228 e. The fourth-order valence-corrected chi connectivity index (χ4v) is 1.50. The zero-order valence-corrected chi connectivity index (χ0v) is 9.54. The summed E-state index contributed by atoms with van der Waals surface area (Å²) in [5.41, 5.74) is 0. The van der Waals surface area contributed by atoms with Crippen molar-refractivity contribution in [2.45, 2.75) is 51.5 Å². The van der Waals surface area contributed by atoms with Crippen LogP contribution >= 0.6 is 11.6 Å². The smallest absolute Gasteiger partial charge is 0.168 e. The first-order chi connectivity index (χ1) is 6.75. The molecule has 0 saturated carbocycles. The van der Waals surface area contributed by atoms with Gasteiger partial charge in [-0.1, -0.05) is 26.2 Å². The second kappa shape index (κ2) is 5.96. The van der Waals surface area contributed by atoms with E-state index in [1.54, 1.807) is 4.68 Å². The van der Waals surface area contributed by atoms with Gasteiger partial charge in [0.25, 0.3) is 0 Å². The Morgan fingerprint density at radius 2 is 2.14 bits per heavy atom. The molecule has 1 unspecified atom stereocenters. The predicted octanol–water partition coefficient (Wildman–Crippen LogP) is 2.55. The molecule has 0 N–H and O–H groups in total. The van der Waals surface area contributed by atoms with Gasteiger partial charge in [0, 0.05) is 6.54 Å². The van der Waals surface area contributed by atoms with Gasteiger partial charge in [-0.05, 0) is 23.8 Å². The molecule has 0 saturated heterocycles. The molecular formula is C9H17ClN4. The lowest BCUT2D eigenvalue weighted by Gasteiger charge is -2.04. The van der Waals surface area contributed by atoms with Crippen LogP contribution in [0.2, 0.25) is 0 Å². The van der Waals surface area contributed by atoms with Crippen molar-refractivity contribution in [1.82, 2.24) is 20.2 Å². The lowest BCUT2D eigenvalue weighted by Crippen LogP contribution is -2.06. The van der Waals surface area contributed by atoms with Crippen LogP contribution in [0.5, 0.6) is 0 Å². The van der Waals surface area contributed by atoms with Crippen LogP contribution in [0.25, 0.3) is 0 Å². The summed E-state index contributed by atoms with van der Waals surface area (Å²) in [6.45, 7) is 4.96. The van der Waals surface area contributed by atoms with E-state index in [-0.39, 0.29) is 5.38 Å². The number of aryl methyl sites for hydroxylation is 1. The van der Waals surface area contributed by atoms with E-state index in [1.807, 2.05) is 6.92 Å². The Morgan fingerprint density at radius 3 is 2.79 bits per heavy atom. The van der Waals surface area contributed by atoms with Crippen molar-refractivity contribution in [3.8, 4) is 0 Å². The fraction of sp³-hybridized carbons (Fsp3) is 0.889. The van der Waals surface area contributed by atoms with Gasteiger partial charge in [0.2, 0.25) is 0 Å². The van der Waals surface area contributed by atoms with Crippen molar-refractivity contribution in [2.24, 2.45) is 0 Å². The predicted molar refractivity (Wildman–Crippen MR) is 56.2 cm³/mol. The quantitative estimate of drug-likeness (QED) is 0.542. The number of hydrogen-bond donors (Lipinski definition) is 0. The standard InChI is InChI=1S/C9H17ClN4/c1-3-4-5-6-7-14-9(8(2)10)11-12-13-14/h8H,3-7H2,1-2H3. The second-order valence-corrected chi connectivity index (χ2v) is 4.09. The molecule has 0 aliphatic rings. The molecule has 1 rings (SSSR count). The summed E-state index contributed by atoms with van der Waals surface area (Å²) in [6.07, 6.45) is 4.87. The normalized spacial score (nSPS) is 13.1. The third kappa shape index (κ3) is 3.25. The molecule has 1 atom stereocenters. The molecule has 0 bridgehead atoms. The number of rotatable bonds is 6. The van der Waals surface area contributed by atoms with Gasteiger partial charge in [0.05, 0.1) is 5.38 Å². The molecule has 4 nitrogen and oxygen atoms in total. The second-order valence-electron chi connectivity index (χ2n) is 3.44. The summed E-state index contributed by atoms with van der Waals surface area (Å²) in [4.78, 5) is 0. The first-order valence-corrected chi connectivity index (χ1v) is 5.59. The number of tetrazole rings is 1. The molecule has 0 aliphatic heterocycles. The monoisotopic (exact) mass is 216 g/mol. The Balaban J connectivity index is 2.38. The number of hydrogen-bond acceptors (Lipinski definition) is 3. The Morgan fingerprint density at radius 1 is 1.36 bits per heavy atom. The van der Waals surface area contributed by atoms with Crippen LogP contribution in [0, 0.1) is 0 Å². The van der Waals surface area contributed by atoms with Crippen LogP contribution in [0.1, 0.15) is 50.7 Å². The average Bonchev–Trinajstić information content (AvgIpc) is 2.60. The third-order valence-corrected chi connectivity index (χ3v) is 2.33. The van der Waals surface area contributed by atoms with Crippen LogP contribution in [-0.4, -0.2) is 20.2 Å². The molecule has 14 heavy (non-hydrogen) atoms. The van der Waals surface area contributed by atoms with E-state index in [0.717, 1.165) is 18.8 Å². The zero-order chi connectivity index (χ0) is 10.4. The highest BCUT2D eigenvalue weighted by molar-refractivity contribution is 6.20. The minimum absolute atomic E-state index is 0.115. The summed E-state index contributed by atoms with van der Waals surface area (Å²) >= 11 is 5.93. The summed E-state index contributed by atoms with van der Waals surface area (Å²) in [5, 5.41) is 11.3. The van der Waals surface area contributed by atoms with Gasteiger partial charge in [-0.2, -0.15) is 0 Å². The summed E-state index contributed by atoms with van der Waals surface area (Å²) in [7, 11) is 0. The summed E-state index contributed by atoms with van der Waals surface area (Å²) in [6, 6.07) is 0. The lowest BCUT2D eigenvalue weighted by molar-refractivity contribution is 0.511. The van der Waals surface area contributed by atoms with Crippen molar-refractivity contribution < 1.29 is 0 Å². The number of aromatic nitrogens is 4. The number of unbranched alkanes of at least 4 members (excludes halogenated alkanes) is 3. The Kier molecular flexibility index (Phi) is 4.87. The number of halogens is 1. The van der Waals surface area contributed by atoms with E-state index in [2.05, 4.69) is 22.4 Å². The van der Waals surface area contributed by atoms with Gasteiger partial charge in [0.1, 0.15) is 0 Å². The molecule has 0 radical (unpaired) electrons. The topological polar surface area (TPSA) is 43.6 Å². The molecule has 0 spiro atoms. The van der Waals surface area contributed by atoms with Crippen molar-refractivity contribution in [3.63, 3.8) is 0 Å². The zero-order valence-electron chi connectivity index (χ0n) is 8.78. The van der Waals surface area contributed by atoms with Crippen molar-refractivity contribution in [1.29, 1.82) is 0 Å². The highest BCUT2D eigenvalue weighted by Crippen LogP contribution is 2.15. The van der Waals surface area contributed by atoms with Gasteiger partial charge in [0.15, 0.2) is 5.82 Å². The SMILES string of the molecule is CCCCCCn1nnnc1C(C)Cl. The van der Waals surface area contributed by atoms with Crippen LogP contribution in [0.4, 0.5) is 0 Å². The molecule has 1 heterocycles. The average molecular weight is 217 g/mol. The van der Waals surface area contributed by atoms with E-state index in [4.69, 9.17) is 11.6 Å². The molecular weight excluding hydrogens is 200 g/mol. The molecule has 1 aromatic heterocycles. The molecule has 5 heteroatoms. The molecule has 0 amide bonds. The fourth-order valence-electron chi connectivity index (χ4n) is 1.34. The summed E-state index contributed by atoms with van der Waals surface area (Å²) < 4.78 is 1.80. The van der Waals surface area contributed by atoms with E-state index in [0.29, 0.717) is 0 Å². The van der Waals surface area contributed by atoms with Crippen molar-refractivity contribution in [2.75, 3.05) is 0 Å². The van der Waals surface area contributed by atoms with Gasteiger partial charge >= 0.3 is 0 Å². The summed E-state index contributed by atoms with van der Waals surface area (Å²) in [5.74, 6) is 0.767. The Hall–Kier alpha value is -0.640. The molecule has 1 aromatic rings. The lowest BCUT2D eigenvalue weighted by atomic mass is 10.2. The highest BCUT2D eigenvalue weighted by Gasteiger charge is 2.10. The Labute approximate surface area is 89.6 Å². The largest absolute Gasteiger partial charge is 0.228 e. The maximum atomic E-state index is 5.93. The maximum Gasteiger partial charge on any atom is 0.168 e. The maximum absolute atomic E-state index is 5.93. The van der Waals surface area contributed by atoms with Crippen LogP contribution < -0.4 is 0 Å². The van der Waals surface area contributed by atoms with Crippen molar-refractivity contribution >= 4 is 11.6 Å². The third-order valence-electron chi connectivity index (χ3n) is 2.14.